The van der Waals surface area contributed by atoms with Gasteiger partial charge in [-0.2, -0.15) is 0 Å². The van der Waals surface area contributed by atoms with Crippen LogP contribution in [-0.2, 0) is 0 Å². The highest BCUT2D eigenvalue weighted by atomic mass is 35.5. The molecule has 0 unspecified atom stereocenters. The molecule has 2 N–H and O–H groups in total. The van der Waals surface area contributed by atoms with E-state index in [9.17, 15) is 10.2 Å². The van der Waals surface area contributed by atoms with Crippen LogP contribution < -0.4 is 0 Å². The van der Waals surface area contributed by atoms with Crippen molar-refractivity contribution in [1.82, 2.24) is 0 Å². The summed E-state index contributed by atoms with van der Waals surface area (Å²) >= 11 is 5.80. The van der Waals surface area contributed by atoms with Crippen LogP contribution in [0, 0.1) is 20.8 Å². The summed E-state index contributed by atoms with van der Waals surface area (Å²) in [7, 11) is 0. The molecule has 0 amide bonds. The standard InChI is InChI=1S/C9H11ClO2/c1-4-5(2)8(11)6(3)9(12)7(4)10/h11-12H,1-3H3. The van der Waals surface area contributed by atoms with Crippen LogP contribution in [-0.4, -0.2) is 10.2 Å². The Morgan fingerprint density at radius 2 is 1.33 bits per heavy atom. The van der Waals surface area contributed by atoms with Crippen molar-refractivity contribution in [3.8, 4) is 11.5 Å². The summed E-state index contributed by atoms with van der Waals surface area (Å²) < 4.78 is 0. The lowest BCUT2D eigenvalue weighted by Gasteiger charge is -2.10. The van der Waals surface area contributed by atoms with E-state index >= 15 is 0 Å². The quantitative estimate of drug-likeness (QED) is 0.654. The number of hydrogen-bond donors (Lipinski definition) is 2. The van der Waals surface area contributed by atoms with Crippen LogP contribution in [0.5, 0.6) is 11.5 Å². The first-order chi connectivity index (χ1) is 5.46. The van der Waals surface area contributed by atoms with Gasteiger partial charge in [0.25, 0.3) is 0 Å². The number of hydrogen-bond acceptors (Lipinski definition) is 2. The highest BCUT2D eigenvalue weighted by Gasteiger charge is 2.13. The Bertz CT molecular complexity index is 227. The van der Waals surface area contributed by atoms with Crippen LogP contribution in [0.3, 0.4) is 0 Å². The Morgan fingerprint density at radius 1 is 0.833 bits per heavy atom. The molecule has 1 aromatic rings. The van der Waals surface area contributed by atoms with Crippen LogP contribution in [0.1, 0.15) is 16.7 Å². The van der Waals surface area contributed by atoms with Crippen LogP contribution in [0.2, 0.25) is 5.02 Å². The molecular formula is C9H11ClO2. The zero-order valence-electron chi connectivity index (χ0n) is 7.27. The minimum absolute atomic E-state index is 0.0303. The van der Waals surface area contributed by atoms with Gasteiger partial charge in [0.15, 0.2) is 0 Å². The average molecular weight is 187 g/mol. The maximum absolute atomic E-state index is 9.47. The smallest absolute Gasteiger partial charge is 0.141 e. The van der Waals surface area contributed by atoms with Gasteiger partial charge in [-0.05, 0) is 31.9 Å². The van der Waals surface area contributed by atoms with Crippen molar-refractivity contribution in [3.05, 3.63) is 21.7 Å². The largest absolute Gasteiger partial charge is 0.507 e. The molecule has 0 aliphatic carbocycles. The van der Waals surface area contributed by atoms with Gasteiger partial charge in [0.1, 0.15) is 11.5 Å². The molecule has 0 radical (unpaired) electrons. The third-order valence-electron chi connectivity index (χ3n) is 2.17. The molecule has 0 saturated carbocycles. The molecule has 2 nitrogen and oxygen atoms in total. The van der Waals surface area contributed by atoms with Gasteiger partial charge in [0.05, 0.1) is 5.02 Å². The fourth-order valence-corrected chi connectivity index (χ4v) is 1.36. The topological polar surface area (TPSA) is 40.5 Å². The molecule has 0 spiro atoms. The van der Waals surface area contributed by atoms with Crippen molar-refractivity contribution in [2.75, 3.05) is 0 Å². The van der Waals surface area contributed by atoms with Gasteiger partial charge in [-0.25, -0.2) is 0 Å². The Kier molecular flexibility index (Phi) is 2.20. The van der Waals surface area contributed by atoms with Gasteiger partial charge in [-0.1, -0.05) is 11.6 Å². The van der Waals surface area contributed by atoms with Gasteiger partial charge < -0.3 is 10.2 Å². The second kappa shape index (κ2) is 2.87. The molecule has 0 atom stereocenters. The molecule has 0 heterocycles. The molecule has 0 saturated heterocycles. The number of phenolic OH excluding ortho intramolecular Hbond substituents is 2. The summed E-state index contributed by atoms with van der Waals surface area (Å²) in [5, 5.41) is 19.2. The van der Waals surface area contributed by atoms with E-state index in [0.717, 1.165) is 11.1 Å². The Hall–Kier alpha value is -0.890. The SMILES string of the molecule is Cc1c(C)c(Cl)c(O)c(C)c1O. The molecule has 1 aromatic carbocycles. The van der Waals surface area contributed by atoms with E-state index in [1.807, 2.05) is 0 Å². The predicted molar refractivity (Wildman–Crippen MR) is 49.0 cm³/mol. The van der Waals surface area contributed by atoms with E-state index in [4.69, 9.17) is 11.6 Å². The minimum Gasteiger partial charge on any atom is -0.507 e. The van der Waals surface area contributed by atoms with Gasteiger partial charge in [-0.3, -0.25) is 0 Å². The Morgan fingerprint density at radius 3 is 1.83 bits per heavy atom. The first-order valence-electron chi connectivity index (χ1n) is 3.64. The van der Waals surface area contributed by atoms with Crippen molar-refractivity contribution in [2.24, 2.45) is 0 Å². The number of halogens is 1. The lowest BCUT2D eigenvalue weighted by Crippen LogP contribution is -1.88. The normalized spacial score (nSPS) is 10.3. The average Bonchev–Trinajstić information content (AvgIpc) is 2.08. The lowest BCUT2D eigenvalue weighted by molar-refractivity contribution is 0.440. The summed E-state index contributed by atoms with van der Waals surface area (Å²) in [4.78, 5) is 0. The maximum atomic E-state index is 9.47. The van der Waals surface area contributed by atoms with Gasteiger partial charge in [-0.15, -0.1) is 0 Å². The van der Waals surface area contributed by atoms with Crippen molar-refractivity contribution in [2.45, 2.75) is 20.8 Å². The van der Waals surface area contributed by atoms with E-state index in [0.29, 0.717) is 10.6 Å². The summed E-state index contributed by atoms with van der Waals surface area (Å²) in [6.07, 6.45) is 0. The second-order valence-electron chi connectivity index (χ2n) is 2.89. The van der Waals surface area contributed by atoms with Crippen LogP contribution in [0.4, 0.5) is 0 Å². The highest BCUT2D eigenvalue weighted by Crippen LogP contribution is 2.39. The van der Waals surface area contributed by atoms with Gasteiger partial charge in [0.2, 0.25) is 0 Å². The third kappa shape index (κ3) is 1.12. The fourth-order valence-electron chi connectivity index (χ4n) is 1.08. The van der Waals surface area contributed by atoms with Gasteiger partial charge in [0, 0.05) is 5.56 Å². The molecule has 3 heteroatoms. The van der Waals surface area contributed by atoms with Gasteiger partial charge >= 0.3 is 0 Å². The number of rotatable bonds is 0. The summed E-state index contributed by atoms with van der Waals surface area (Å²) in [5.74, 6) is 0.0895. The lowest BCUT2D eigenvalue weighted by atomic mass is 10.0. The fraction of sp³-hybridized carbons (Fsp3) is 0.333. The zero-order valence-corrected chi connectivity index (χ0v) is 8.03. The Balaban J connectivity index is 3.60. The van der Waals surface area contributed by atoms with Crippen molar-refractivity contribution in [3.63, 3.8) is 0 Å². The molecule has 1 rings (SSSR count). The molecule has 0 fully saturated rings. The summed E-state index contributed by atoms with van der Waals surface area (Å²) in [6.45, 7) is 5.16. The van der Waals surface area contributed by atoms with E-state index < -0.39 is 0 Å². The van der Waals surface area contributed by atoms with E-state index in [-0.39, 0.29) is 11.5 Å². The van der Waals surface area contributed by atoms with E-state index in [1.54, 1.807) is 20.8 Å². The Labute approximate surface area is 76.4 Å². The molecular weight excluding hydrogens is 176 g/mol. The summed E-state index contributed by atoms with van der Waals surface area (Å²) in [6, 6.07) is 0. The molecule has 66 valence electrons. The zero-order chi connectivity index (χ0) is 9.46. The van der Waals surface area contributed by atoms with Crippen LogP contribution >= 0.6 is 11.6 Å². The third-order valence-corrected chi connectivity index (χ3v) is 2.63. The second-order valence-corrected chi connectivity index (χ2v) is 3.26. The number of phenols is 2. The minimum atomic E-state index is -0.0303. The van der Waals surface area contributed by atoms with Crippen molar-refractivity contribution in [1.29, 1.82) is 0 Å². The number of aromatic hydroxyl groups is 2. The summed E-state index contributed by atoms with van der Waals surface area (Å²) in [5.41, 5.74) is 1.87. The molecule has 0 aliphatic rings. The van der Waals surface area contributed by atoms with Crippen LogP contribution in [0.15, 0.2) is 0 Å². The predicted octanol–water partition coefficient (Wildman–Crippen LogP) is 2.68. The monoisotopic (exact) mass is 186 g/mol. The maximum Gasteiger partial charge on any atom is 0.141 e. The van der Waals surface area contributed by atoms with E-state index in [1.165, 1.54) is 0 Å². The first kappa shape index (κ1) is 9.20. The first-order valence-corrected chi connectivity index (χ1v) is 4.01. The molecule has 12 heavy (non-hydrogen) atoms. The molecule has 0 bridgehead atoms. The number of benzene rings is 1. The van der Waals surface area contributed by atoms with Crippen molar-refractivity contribution < 1.29 is 10.2 Å². The highest BCUT2D eigenvalue weighted by molar-refractivity contribution is 6.33. The van der Waals surface area contributed by atoms with Crippen molar-refractivity contribution >= 4 is 11.6 Å². The molecule has 0 aliphatic heterocycles. The molecule has 0 aromatic heterocycles. The van der Waals surface area contributed by atoms with E-state index in [2.05, 4.69) is 0 Å². The van der Waals surface area contributed by atoms with Crippen LogP contribution in [0.25, 0.3) is 0 Å².